The summed E-state index contributed by atoms with van der Waals surface area (Å²) in [5, 5.41) is 0. The minimum Gasteiger partial charge on any atom is -0.394 e. The highest BCUT2D eigenvalue weighted by molar-refractivity contribution is 14.1. The number of aromatic nitrogens is 1. The number of nitrogens with one attached hydrogen (secondary N) is 1. The zero-order valence-corrected chi connectivity index (χ0v) is 7.93. The fourth-order valence-corrected chi connectivity index (χ4v) is 1.39. The molecule has 1 rings (SSSR count). The summed E-state index contributed by atoms with van der Waals surface area (Å²) in [4.78, 5) is 13.3. The molecular formula is C6H5F2IN2O. The number of anilines is 1. The zero-order chi connectivity index (χ0) is 9.30. The molecule has 0 aliphatic heterocycles. The van der Waals surface area contributed by atoms with E-state index in [1.807, 2.05) is 0 Å². The van der Waals surface area contributed by atoms with E-state index in [0.717, 1.165) is 6.20 Å². The molecule has 0 aromatic carbocycles. The molecule has 0 spiro atoms. The van der Waals surface area contributed by atoms with E-state index in [2.05, 4.69) is 4.98 Å². The molecule has 0 aliphatic rings. The Morgan fingerprint density at radius 3 is 2.67 bits per heavy atom. The van der Waals surface area contributed by atoms with Crippen LogP contribution in [-0.4, -0.2) is 4.98 Å². The van der Waals surface area contributed by atoms with Gasteiger partial charge in [0.05, 0.1) is 15.0 Å². The van der Waals surface area contributed by atoms with E-state index in [1.54, 1.807) is 22.6 Å². The van der Waals surface area contributed by atoms with Crippen molar-refractivity contribution < 1.29 is 8.78 Å². The van der Waals surface area contributed by atoms with Crippen molar-refractivity contribution in [2.75, 3.05) is 5.73 Å². The van der Waals surface area contributed by atoms with E-state index in [9.17, 15) is 13.6 Å². The smallest absolute Gasteiger partial charge is 0.279 e. The van der Waals surface area contributed by atoms with Gasteiger partial charge >= 0.3 is 0 Å². The Morgan fingerprint density at radius 1 is 1.58 bits per heavy atom. The monoisotopic (exact) mass is 286 g/mol. The molecule has 0 fully saturated rings. The highest BCUT2D eigenvalue weighted by atomic mass is 127. The van der Waals surface area contributed by atoms with Crippen LogP contribution in [-0.2, 0) is 0 Å². The second-order valence-corrected chi connectivity index (χ2v) is 3.18. The minimum absolute atomic E-state index is 0.0520. The summed E-state index contributed by atoms with van der Waals surface area (Å²) >= 11 is 1.54. The molecule has 0 atom stereocenters. The van der Waals surface area contributed by atoms with Gasteiger partial charge in [-0.25, -0.2) is 8.78 Å². The summed E-state index contributed by atoms with van der Waals surface area (Å²) in [6.45, 7) is 0. The van der Waals surface area contributed by atoms with Crippen LogP contribution in [0.3, 0.4) is 0 Å². The van der Waals surface area contributed by atoms with Crippen LogP contribution in [0, 0.1) is 3.57 Å². The van der Waals surface area contributed by atoms with E-state index in [0.29, 0.717) is 0 Å². The van der Waals surface area contributed by atoms with Crippen LogP contribution in [0.15, 0.2) is 11.0 Å². The summed E-state index contributed by atoms with van der Waals surface area (Å²) in [5.41, 5.74) is 4.21. The third-order valence-corrected chi connectivity index (χ3v) is 2.37. The molecule has 1 heterocycles. The maximum Gasteiger partial charge on any atom is 0.279 e. The number of rotatable bonds is 1. The molecule has 0 saturated carbocycles. The lowest BCUT2D eigenvalue weighted by molar-refractivity contribution is 0.145. The van der Waals surface area contributed by atoms with Crippen molar-refractivity contribution in [1.82, 2.24) is 4.98 Å². The third kappa shape index (κ3) is 1.57. The molecule has 0 radical (unpaired) electrons. The number of hydrogen-bond donors (Lipinski definition) is 2. The Kier molecular flexibility index (Phi) is 2.65. The second kappa shape index (κ2) is 3.38. The first-order chi connectivity index (χ1) is 5.54. The zero-order valence-electron chi connectivity index (χ0n) is 5.77. The van der Waals surface area contributed by atoms with Crippen LogP contribution >= 0.6 is 22.6 Å². The Balaban J connectivity index is 3.37. The second-order valence-electron chi connectivity index (χ2n) is 2.10. The molecular weight excluding hydrogens is 281 g/mol. The fourth-order valence-electron chi connectivity index (χ4n) is 0.692. The number of hydrogen-bond acceptors (Lipinski definition) is 2. The van der Waals surface area contributed by atoms with E-state index in [1.165, 1.54) is 0 Å². The highest BCUT2D eigenvalue weighted by Crippen LogP contribution is 2.19. The number of aromatic amines is 1. The summed E-state index contributed by atoms with van der Waals surface area (Å²) in [6.07, 6.45) is -1.60. The summed E-state index contributed by atoms with van der Waals surface area (Å²) in [6, 6.07) is 0. The summed E-state index contributed by atoms with van der Waals surface area (Å²) in [7, 11) is 0. The molecule has 3 N–H and O–H groups in total. The van der Waals surface area contributed by atoms with E-state index < -0.39 is 11.9 Å². The SMILES string of the molecule is Nc1c[nH]c(C(F)F)c(I)c1=O. The van der Waals surface area contributed by atoms with Gasteiger partial charge in [0, 0.05) is 6.20 Å². The first-order valence-corrected chi connectivity index (χ1v) is 4.06. The fraction of sp³-hybridized carbons (Fsp3) is 0.167. The number of pyridine rings is 1. The molecule has 0 unspecified atom stereocenters. The van der Waals surface area contributed by atoms with Gasteiger partial charge in [0.25, 0.3) is 6.43 Å². The highest BCUT2D eigenvalue weighted by Gasteiger charge is 2.15. The van der Waals surface area contributed by atoms with Gasteiger partial charge in [-0.1, -0.05) is 0 Å². The minimum atomic E-state index is -2.68. The molecule has 3 nitrogen and oxygen atoms in total. The van der Waals surface area contributed by atoms with E-state index in [-0.39, 0.29) is 15.0 Å². The van der Waals surface area contributed by atoms with Gasteiger partial charge in [0.2, 0.25) is 5.43 Å². The van der Waals surface area contributed by atoms with Crippen molar-refractivity contribution in [1.29, 1.82) is 0 Å². The molecule has 0 bridgehead atoms. The maximum atomic E-state index is 12.1. The first-order valence-electron chi connectivity index (χ1n) is 2.98. The normalized spacial score (nSPS) is 10.7. The van der Waals surface area contributed by atoms with E-state index in [4.69, 9.17) is 5.73 Å². The van der Waals surface area contributed by atoms with Crippen molar-refractivity contribution in [3.05, 3.63) is 25.7 Å². The standard InChI is InChI=1S/C6H5F2IN2O/c7-6(8)4-3(9)5(12)2(10)1-11-4/h1,6H,10H2,(H,11,12). The predicted molar refractivity (Wildman–Crippen MR) is 49.1 cm³/mol. The largest absolute Gasteiger partial charge is 0.394 e. The van der Waals surface area contributed by atoms with Crippen molar-refractivity contribution in [3.63, 3.8) is 0 Å². The van der Waals surface area contributed by atoms with Gasteiger partial charge in [-0.05, 0) is 22.6 Å². The number of nitrogens with two attached hydrogens (primary N) is 1. The number of H-pyrrole nitrogens is 1. The molecule has 0 amide bonds. The van der Waals surface area contributed by atoms with Crippen LogP contribution in [0.1, 0.15) is 12.1 Å². The molecule has 66 valence electrons. The molecule has 0 aliphatic carbocycles. The van der Waals surface area contributed by atoms with Gasteiger partial charge in [-0.3, -0.25) is 4.79 Å². The molecule has 1 aromatic heterocycles. The Labute approximate surface area is 80.1 Å². The van der Waals surface area contributed by atoms with Gasteiger partial charge < -0.3 is 10.7 Å². The van der Waals surface area contributed by atoms with Crippen LogP contribution in [0.4, 0.5) is 14.5 Å². The lowest BCUT2D eigenvalue weighted by atomic mass is 10.3. The first kappa shape index (κ1) is 9.43. The molecule has 6 heteroatoms. The van der Waals surface area contributed by atoms with Crippen LogP contribution in [0.5, 0.6) is 0 Å². The van der Waals surface area contributed by atoms with Crippen molar-refractivity contribution in [3.8, 4) is 0 Å². The van der Waals surface area contributed by atoms with Crippen LogP contribution < -0.4 is 11.2 Å². The number of nitrogen functional groups attached to an aromatic ring is 1. The Hall–Kier alpha value is -0.660. The average molecular weight is 286 g/mol. The van der Waals surface area contributed by atoms with Crippen molar-refractivity contribution in [2.45, 2.75) is 6.43 Å². The quantitative estimate of drug-likeness (QED) is 0.769. The third-order valence-electron chi connectivity index (χ3n) is 1.30. The Bertz CT molecular complexity index is 350. The van der Waals surface area contributed by atoms with E-state index >= 15 is 0 Å². The van der Waals surface area contributed by atoms with Crippen molar-refractivity contribution in [2.24, 2.45) is 0 Å². The Morgan fingerprint density at radius 2 is 2.17 bits per heavy atom. The maximum absolute atomic E-state index is 12.1. The van der Waals surface area contributed by atoms with Gasteiger partial charge in [-0.15, -0.1) is 0 Å². The van der Waals surface area contributed by atoms with Gasteiger partial charge in [0.15, 0.2) is 0 Å². The lowest BCUT2D eigenvalue weighted by Gasteiger charge is -2.02. The topological polar surface area (TPSA) is 58.9 Å². The average Bonchev–Trinajstić information content (AvgIpc) is 2.00. The number of alkyl halides is 2. The lowest BCUT2D eigenvalue weighted by Crippen LogP contribution is -2.15. The summed E-state index contributed by atoms with van der Waals surface area (Å²) in [5.74, 6) is 0. The molecule has 0 saturated heterocycles. The van der Waals surface area contributed by atoms with Gasteiger partial charge in [-0.2, -0.15) is 0 Å². The van der Waals surface area contributed by atoms with Crippen LogP contribution in [0.2, 0.25) is 0 Å². The summed E-state index contributed by atoms with van der Waals surface area (Å²) < 4.78 is 24.2. The molecule has 12 heavy (non-hydrogen) atoms. The number of halogens is 3. The predicted octanol–water partition coefficient (Wildman–Crippen LogP) is 1.50. The van der Waals surface area contributed by atoms with Gasteiger partial charge in [0.1, 0.15) is 0 Å². The van der Waals surface area contributed by atoms with Crippen molar-refractivity contribution >= 4 is 28.3 Å². The molecule has 1 aromatic rings. The van der Waals surface area contributed by atoms with Crippen LogP contribution in [0.25, 0.3) is 0 Å².